The van der Waals surface area contributed by atoms with E-state index in [1.54, 1.807) is 48.5 Å². The molecular formula is C23H22N4O6S. The number of nitrogens with one attached hydrogen (secondary N) is 1. The van der Waals surface area contributed by atoms with Crippen LogP contribution in [0, 0.1) is 10.1 Å². The molecule has 0 atom stereocenters. The van der Waals surface area contributed by atoms with Gasteiger partial charge in [-0.05, 0) is 43.3 Å². The van der Waals surface area contributed by atoms with Gasteiger partial charge in [-0.15, -0.1) is 0 Å². The largest absolute Gasteiger partial charge is 0.494 e. The molecule has 0 saturated carbocycles. The van der Waals surface area contributed by atoms with Crippen molar-refractivity contribution in [2.24, 2.45) is 5.10 Å². The summed E-state index contributed by atoms with van der Waals surface area (Å²) >= 11 is 0. The van der Waals surface area contributed by atoms with Crippen LogP contribution in [0.1, 0.15) is 12.5 Å². The van der Waals surface area contributed by atoms with Crippen LogP contribution in [0.15, 0.2) is 88.9 Å². The van der Waals surface area contributed by atoms with Gasteiger partial charge in [0.05, 0.1) is 28.3 Å². The Hall–Kier alpha value is -4.25. The highest BCUT2D eigenvalue weighted by molar-refractivity contribution is 7.92. The Labute approximate surface area is 196 Å². The average Bonchev–Trinajstić information content (AvgIpc) is 2.84. The van der Waals surface area contributed by atoms with Crippen molar-refractivity contribution in [2.75, 3.05) is 17.5 Å². The van der Waals surface area contributed by atoms with Crippen molar-refractivity contribution in [2.45, 2.75) is 11.8 Å². The Balaban J connectivity index is 1.81. The van der Waals surface area contributed by atoms with E-state index in [-0.39, 0.29) is 16.3 Å². The van der Waals surface area contributed by atoms with E-state index in [1.807, 2.05) is 6.92 Å². The maximum absolute atomic E-state index is 13.3. The third-order valence-corrected chi connectivity index (χ3v) is 6.33. The van der Waals surface area contributed by atoms with E-state index >= 15 is 0 Å². The second-order valence-electron chi connectivity index (χ2n) is 6.90. The van der Waals surface area contributed by atoms with Crippen molar-refractivity contribution in [1.82, 2.24) is 5.43 Å². The lowest BCUT2D eigenvalue weighted by molar-refractivity contribution is -0.384. The summed E-state index contributed by atoms with van der Waals surface area (Å²) in [5.74, 6) is -0.135. The number of carbonyl (C=O) groups is 1. The number of sulfonamides is 1. The molecule has 0 aliphatic rings. The fourth-order valence-electron chi connectivity index (χ4n) is 2.97. The highest BCUT2D eigenvalue weighted by Gasteiger charge is 2.27. The average molecular weight is 483 g/mol. The van der Waals surface area contributed by atoms with Gasteiger partial charge in [0, 0.05) is 17.7 Å². The Morgan fingerprint density at radius 3 is 2.44 bits per heavy atom. The number of nitro benzene ring substituents is 1. The molecule has 0 saturated heterocycles. The second kappa shape index (κ2) is 11.1. The molecular weight excluding hydrogens is 460 g/mol. The predicted octanol–water partition coefficient (Wildman–Crippen LogP) is 3.34. The van der Waals surface area contributed by atoms with Gasteiger partial charge in [-0.2, -0.15) is 5.10 Å². The maximum atomic E-state index is 13.3. The highest BCUT2D eigenvalue weighted by Crippen LogP contribution is 2.25. The quantitative estimate of drug-likeness (QED) is 0.268. The molecule has 3 aromatic rings. The summed E-state index contributed by atoms with van der Waals surface area (Å²) in [6.45, 7) is 1.74. The number of hydrogen-bond acceptors (Lipinski definition) is 7. The number of hydrazone groups is 1. The molecule has 0 aromatic heterocycles. The first-order chi connectivity index (χ1) is 16.3. The molecule has 1 N–H and O–H groups in total. The number of hydrogen-bond donors (Lipinski definition) is 1. The minimum absolute atomic E-state index is 0.0248. The number of non-ortho nitro benzene ring substituents is 1. The first kappa shape index (κ1) is 24.4. The molecule has 0 bridgehead atoms. The summed E-state index contributed by atoms with van der Waals surface area (Å²) < 4.78 is 32.9. The number of ether oxygens (including phenoxy) is 1. The topological polar surface area (TPSA) is 131 Å². The normalized spacial score (nSPS) is 11.2. The molecule has 0 aliphatic heterocycles. The first-order valence-electron chi connectivity index (χ1n) is 10.2. The molecule has 0 heterocycles. The van der Waals surface area contributed by atoms with E-state index in [4.69, 9.17) is 4.74 Å². The lowest BCUT2D eigenvalue weighted by Gasteiger charge is -2.24. The third-order valence-electron chi connectivity index (χ3n) is 4.54. The molecule has 0 radical (unpaired) electrons. The lowest BCUT2D eigenvalue weighted by Crippen LogP contribution is -2.39. The molecule has 11 heteroatoms. The van der Waals surface area contributed by atoms with Crippen LogP contribution < -0.4 is 14.5 Å². The van der Waals surface area contributed by atoms with Gasteiger partial charge in [0.1, 0.15) is 12.3 Å². The maximum Gasteiger partial charge on any atom is 0.270 e. The van der Waals surface area contributed by atoms with Crippen molar-refractivity contribution >= 4 is 33.5 Å². The SMILES string of the molecule is CCOc1ccc(N(CC(=O)NN=Cc2cccc([N+](=O)[O-])c2)S(=O)(=O)c2ccccc2)cc1. The molecule has 3 rings (SSSR count). The summed E-state index contributed by atoms with van der Waals surface area (Å²) in [5, 5.41) is 14.7. The number of nitro groups is 1. The fourth-order valence-corrected chi connectivity index (χ4v) is 4.42. The van der Waals surface area contributed by atoms with Crippen LogP contribution in [0.3, 0.4) is 0 Å². The van der Waals surface area contributed by atoms with Gasteiger partial charge in [0.2, 0.25) is 0 Å². The van der Waals surface area contributed by atoms with Crippen LogP contribution in [0.4, 0.5) is 11.4 Å². The molecule has 10 nitrogen and oxygen atoms in total. The molecule has 0 spiro atoms. The molecule has 0 aliphatic carbocycles. The van der Waals surface area contributed by atoms with E-state index in [0.29, 0.717) is 17.9 Å². The van der Waals surface area contributed by atoms with Gasteiger partial charge in [-0.1, -0.05) is 30.3 Å². The number of benzene rings is 3. The summed E-state index contributed by atoms with van der Waals surface area (Å²) in [6, 6.07) is 19.8. The molecule has 34 heavy (non-hydrogen) atoms. The van der Waals surface area contributed by atoms with Crippen molar-refractivity contribution < 1.29 is 22.9 Å². The number of nitrogens with zero attached hydrogens (tertiary/aromatic N) is 3. The van der Waals surface area contributed by atoms with E-state index < -0.39 is 27.4 Å². The van der Waals surface area contributed by atoms with Crippen molar-refractivity contribution in [1.29, 1.82) is 0 Å². The van der Waals surface area contributed by atoms with Crippen molar-refractivity contribution in [3.63, 3.8) is 0 Å². The fraction of sp³-hybridized carbons (Fsp3) is 0.130. The second-order valence-corrected chi connectivity index (χ2v) is 8.76. The van der Waals surface area contributed by atoms with Gasteiger partial charge < -0.3 is 4.74 Å². The van der Waals surface area contributed by atoms with Crippen LogP contribution in [0.25, 0.3) is 0 Å². The van der Waals surface area contributed by atoms with Gasteiger partial charge >= 0.3 is 0 Å². The summed E-state index contributed by atoms with van der Waals surface area (Å²) in [7, 11) is -4.06. The first-order valence-corrected chi connectivity index (χ1v) is 11.6. The van der Waals surface area contributed by atoms with Crippen LogP contribution in [0.2, 0.25) is 0 Å². The van der Waals surface area contributed by atoms with Crippen LogP contribution in [-0.2, 0) is 14.8 Å². The lowest BCUT2D eigenvalue weighted by atomic mass is 10.2. The van der Waals surface area contributed by atoms with Crippen LogP contribution >= 0.6 is 0 Å². The zero-order valence-electron chi connectivity index (χ0n) is 18.2. The standard InChI is InChI=1S/C23H22N4O6S/c1-2-33-21-13-11-19(12-14-21)26(34(31,32)22-9-4-3-5-10-22)17-23(28)25-24-16-18-7-6-8-20(15-18)27(29)30/h3-16H,2,17H2,1H3,(H,25,28). The van der Waals surface area contributed by atoms with Crippen LogP contribution in [0.5, 0.6) is 5.75 Å². The smallest absolute Gasteiger partial charge is 0.270 e. The number of rotatable bonds is 10. The van der Waals surface area contributed by atoms with Gasteiger partial charge in [-0.25, -0.2) is 13.8 Å². The minimum Gasteiger partial charge on any atom is -0.494 e. The van der Waals surface area contributed by atoms with Crippen molar-refractivity contribution in [3.8, 4) is 5.75 Å². The van der Waals surface area contributed by atoms with Gasteiger partial charge in [-0.3, -0.25) is 19.2 Å². The summed E-state index contributed by atoms with van der Waals surface area (Å²) in [6.07, 6.45) is 1.23. The van der Waals surface area contributed by atoms with E-state index in [2.05, 4.69) is 10.5 Å². The summed E-state index contributed by atoms with van der Waals surface area (Å²) in [5.41, 5.74) is 2.81. The van der Waals surface area contributed by atoms with E-state index in [0.717, 1.165) is 4.31 Å². The minimum atomic E-state index is -4.06. The Morgan fingerprint density at radius 2 is 1.79 bits per heavy atom. The zero-order chi connectivity index (χ0) is 24.6. The van der Waals surface area contributed by atoms with Gasteiger partial charge in [0.25, 0.3) is 21.6 Å². The zero-order valence-corrected chi connectivity index (χ0v) is 19.0. The number of amides is 1. The van der Waals surface area contributed by atoms with E-state index in [1.165, 1.54) is 36.5 Å². The molecule has 3 aromatic carbocycles. The monoisotopic (exact) mass is 482 g/mol. The van der Waals surface area contributed by atoms with Crippen molar-refractivity contribution in [3.05, 3.63) is 94.5 Å². The van der Waals surface area contributed by atoms with Crippen LogP contribution in [-0.4, -0.2) is 38.6 Å². The Bertz CT molecular complexity index is 1280. The third kappa shape index (κ3) is 6.17. The Kier molecular flexibility index (Phi) is 7.93. The molecule has 1 amide bonds. The molecule has 0 fully saturated rings. The van der Waals surface area contributed by atoms with Gasteiger partial charge in [0.15, 0.2) is 0 Å². The molecule has 176 valence electrons. The summed E-state index contributed by atoms with van der Waals surface area (Å²) in [4.78, 5) is 22.9. The number of carbonyl (C=O) groups excluding carboxylic acids is 1. The molecule has 0 unspecified atom stereocenters. The predicted molar refractivity (Wildman–Crippen MR) is 127 cm³/mol. The highest BCUT2D eigenvalue weighted by atomic mass is 32.2. The number of anilines is 1. The Morgan fingerprint density at radius 1 is 1.09 bits per heavy atom. The van der Waals surface area contributed by atoms with E-state index in [9.17, 15) is 23.3 Å².